The molecule has 0 radical (unpaired) electrons. The van der Waals surface area contributed by atoms with Gasteiger partial charge in [0.1, 0.15) is 0 Å². The van der Waals surface area contributed by atoms with Crippen molar-refractivity contribution in [3.8, 4) is 0 Å². The lowest BCUT2D eigenvalue weighted by molar-refractivity contribution is -0.124. The summed E-state index contributed by atoms with van der Waals surface area (Å²) >= 11 is 0. The number of rotatable bonds is 2. The van der Waals surface area contributed by atoms with E-state index in [0.717, 1.165) is 25.9 Å². The van der Waals surface area contributed by atoms with Gasteiger partial charge in [0, 0.05) is 12.5 Å². The molecule has 1 amide bonds. The minimum Gasteiger partial charge on any atom is -0.349 e. The van der Waals surface area contributed by atoms with E-state index in [1.54, 1.807) is 0 Å². The molecule has 3 heteroatoms. The third-order valence-corrected chi connectivity index (χ3v) is 5.43. The Balaban J connectivity index is 1.51. The lowest BCUT2D eigenvalue weighted by Crippen LogP contribution is -2.48. The molecule has 2 fully saturated rings. The van der Waals surface area contributed by atoms with Gasteiger partial charge in [0.25, 0.3) is 0 Å². The summed E-state index contributed by atoms with van der Waals surface area (Å²) in [7, 11) is 0. The maximum Gasteiger partial charge on any atom is 0.224 e. The minimum atomic E-state index is -0.0393. The molecule has 0 aromatic heterocycles. The molecule has 2 aliphatic carbocycles. The Hall–Kier alpha value is -1.35. The second-order valence-corrected chi connectivity index (χ2v) is 6.93. The summed E-state index contributed by atoms with van der Waals surface area (Å²) in [5, 5.41) is 6.64. The first-order valence-electron chi connectivity index (χ1n) is 7.78. The number of fused-ring (bicyclic) bond motifs is 3. The molecule has 1 saturated carbocycles. The van der Waals surface area contributed by atoms with Gasteiger partial charge in [-0.15, -0.1) is 0 Å². The van der Waals surface area contributed by atoms with E-state index in [4.69, 9.17) is 0 Å². The van der Waals surface area contributed by atoms with E-state index in [-0.39, 0.29) is 17.4 Å². The molecule has 1 heterocycles. The Bertz CT molecular complexity index is 548. The quantitative estimate of drug-likeness (QED) is 0.861. The molecule has 20 heavy (non-hydrogen) atoms. The van der Waals surface area contributed by atoms with Crippen LogP contribution in [0.4, 0.5) is 0 Å². The Morgan fingerprint density at radius 1 is 1.40 bits per heavy atom. The van der Waals surface area contributed by atoms with Crippen LogP contribution in [0.1, 0.15) is 36.8 Å². The monoisotopic (exact) mass is 270 g/mol. The average molecular weight is 270 g/mol. The van der Waals surface area contributed by atoms with Crippen LogP contribution in [0.25, 0.3) is 0 Å². The predicted molar refractivity (Wildman–Crippen MR) is 78.5 cm³/mol. The summed E-state index contributed by atoms with van der Waals surface area (Å²) in [5.74, 6) is 1.57. The fourth-order valence-electron chi connectivity index (χ4n) is 4.23. The SMILES string of the molecule is CC1(NC(=O)C2C3CCc4ccccc4C32)CCNC1. The molecule has 4 rings (SSSR count). The van der Waals surface area contributed by atoms with Crippen molar-refractivity contribution < 1.29 is 4.79 Å². The van der Waals surface area contributed by atoms with E-state index < -0.39 is 0 Å². The maximum absolute atomic E-state index is 12.6. The molecule has 4 unspecified atom stereocenters. The van der Waals surface area contributed by atoms with Crippen molar-refractivity contribution in [3.05, 3.63) is 35.4 Å². The Morgan fingerprint density at radius 3 is 3.05 bits per heavy atom. The highest BCUT2D eigenvalue weighted by atomic mass is 16.2. The van der Waals surface area contributed by atoms with Crippen molar-refractivity contribution in [2.45, 2.75) is 37.6 Å². The van der Waals surface area contributed by atoms with Crippen LogP contribution in [0.15, 0.2) is 24.3 Å². The van der Waals surface area contributed by atoms with E-state index in [1.807, 2.05) is 0 Å². The number of carbonyl (C=O) groups excluding carboxylic acids is 1. The zero-order chi connectivity index (χ0) is 13.7. The van der Waals surface area contributed by atoms with Crippen LogP contribution in [-0.2, 0) is 11.2 Å². The van der Waals surface area contributed by atoms with Crippen LogP contribution in [0.2, 0.25) is 0 Å². The van der Waals surface area contributed by atoms with Gasteiger partial charge in [-0.2, -0.15) is 0 Å². The van der Waals surface area contributed by atoms with Crippen LogP contribution in [0.5, 0.6) is 0 Å². The summed E-state index contributed by atoms with van der Waals surface area (Å²) in [5.41, 5.74) is 2.85. The first-order valence-corrected chi connectivity index (χ1v) is 7.78. The fraction of sp³-hybridized carbons (Fsp3) is 0.588. The average Bonchev–Trinajstić information content (AvgIpc) is 3.06. The topological polar surface area (TPSA) is 41.1 Å². The highest BCUT2D eigenvalue weighted by molar-refractivity contribution is 5.84. The Morgan fingerprint density at radius 2 is 2.25 bits per heavy atom. The molecule has 1 aromatic rings. The van der Waals surface area contributed by atoms with Gasteiger partial charge >= 0.3 is 0 Å². The van der Waals surface area contributed by atoms with Crippen LogP contribution in [0.3, 0.4) is 0 Å². The normalized spacial score (nSPS) is 38.0. The number of benzene rings is 1. The second-order valence-electron chi connectivity index (χ2n) is 6.93. The van der Waals surface area contributed by atoms with Crippen molar-refractivity contribution in [1.82, 2.24) is 10.6 Å². The highest BCUT2D eigenvalue weighted by Crippen LogP contribution is 2.59. The third-order valence-electron chi connectivity index (χ3n) is 5.43. The Kier molecular flexibility index (Phi) is 2.68. The van der Waals surface area contributed by atoms with Crippen molar-refractivity contribution in [2.24, 2.45) is 11.8 Å². The largest absolute Gasteiger partial charge is 0.349 e. The van der Waals surface area contributed by atoms with Gasteiger partial charge in [-0.05, 0) is 55.7 Å². The number of aryl methyl sites for hydroxylation is 1. The number of amides is 1. The van der Waals surface area contributed by atoms with Gasteiger partial charge in [0.2, 0.25) is 5.91 Å². The third kappa shape index (κ3) is 1.87. The zero-order valence-electron chi connectivity index (χ0n) is 12.0. The fourth-order valence-corrected chi connectivity index (χ4v) is 4.23. The standard InChI is InChI=1S/C17H22N2O/c1-17(8-9-18-10-17)19-16(20)15-13-7-6-11-4-2-3-5-12(11)14(13)15/h2-5,13-15,18H,6-10H2,1H3,(H,19,20). The summed E-state index contributed by atoms with van der Waals surface area (Å²) in [6, 6.07) is 8.66. The minimum absolute atomic E-state index is 0.0393. The smallest absolute Gasteiger partial charge is 0.224 e. The van der Waals surface area contributed by atoms with E-state index in [9.17, 15) is 4.79 Å². The number of carbonyl (C=O) groups is 1. The Labute approximate surface area is 120 Å². The van der Waals surface area contributed by atoms with Gasteiger partial charge in [-0.3, -0.25) is 4.79 Å². The summed E-state index contributed by atoms with van der Waals surface area (Å²) in [4.78, 5) is 12.6. The summed E-state index contributed by atoms with van der Waals surface area (Å²) in [6.45, 7) is 4.07. The van der Waals surface area contributed by atoms with Crippen LogP contribution in [0, 0.1) is 11.8 Å². The summed E-state index contributed by atoms with van der Waals surface area (Å²) < 4.78 is 0. The van der Waals surface area contributed by atoms with Crippen molar-refractivity contribution >= 4 is 5.91 Å². The zero-order valence-corrected chi connectivity index (χ0v) is 12.0. The lowest BCUT2D eigenvalue weighted by Gasteiger charge is -2.24. The lowest BCUT2D eigenvalue weighted by atomic mass is 9.92. The van der Waals surface area contributed by atoms with E-state index in [1.165, 1.54) is 17.5 Å². The molecule has 3 aliphatic rings. The molecule has 106 valence electrons. The van der Waals surface area contributed by atoms with Gasteiger partial charge in [-0.25, -0.2) is 0 Å². The van der Waals surface area contributed by atoms with Crippen LogP contribution < -0.4 is 10.6 Å². The molecular weight excluding hydrogens is 248 g/mol. The molecule has 2 N–H and O–H groups in total. The molecule has 3 nitrogen and oxygen atoms in total. The highest BCUT2D eigenvalue weighted by Gasteiger charge is 2.57. The molecule has 4 atom stereocenters. The predicted octanol–water partition coefficient (Wildman–Crippen LogP) is 1.83. The van der Waals surface area contributed by atoms with Crippen molar-refractivity contribution in [2.75, 3.05) is 13.1 Å². The van der Waals surface area contributed by atoms with E-state index in [2.05, 4.69) is 41.8 Å². The molecule has 1 saturated heterocycles. The van der Waals surface area contributed by atoms with E-state index in [0.29, 0.717) is 11.8 Å². The molecule has 0 spiro atoms. The maximum atomic E-state index is 12.6. The van der Waals surface area contributed by atoms with E-state index >= 15 is 0 Å². The van der Waals surface area contributed by atoms with Crippen LogP contribution in [-0.4, -0.2) is 24.5 Å². The second kappa shape index (κ2) is 4.32. The summed E-state index contributed by atoms with van der Waals surface area (Å²) in [6.07, 6.45) is 3.35. The number of hydrogen-bond acceptors (Lipinski definition) is 2. The number of nitrogens with one attached hydrogen (secondary N) is 2. The van der Waals surface area contributed by atoms with Gasteiger partial charge in [0.05, 0.1) is 5.54 Å². The van der Waals surface area contributed by atoms with Gasteiger partial charge < -0.3 is 10.6 Å². The first kappa shape index (κ1) is 12.4. The molecule has 1 aromatic carbocycles. The molecule has 0 bridgehead atoms. The van der Waals surface area contributed by atoms with Gasteiger partial charge in [0.15, 0.2) is 0 Å². The molecule has 1 aliphatic heterocycles. The number of hydrogen-bond donors (Lipinski definition) is 2. The molecular formula is C17H22N2O. The van der Waals surface area contributed by atoms with Crippen molar-refractivity contribution in [3.63, 3.8) is 0 Å². The van der Waals surface area contributed by atoms with Crippen LogP contribution >= 0.6 is 0 Å². The first-order chi connectivity index (χ1) is 9.68. The van der Waals surface area contributed by atoms with Crippen molar-refractivity contribution in [1.29, 1.82) is 0 Å². The van der Waals surface area contributed by atoms with Gasteiger partial charge in [-0.1, -0.05) is 24.3 Å².